The summed E-state index contributed by atoms with van der Waals surface area (Å²) in [4.78, 5) is 0. The van der Waals surface area contributed by atoms with Gasteiger partial charge >= 0.3 is 6.18 Å². The van der Waals surface area contributed by atoms with Gasteiger partial charge in [-0.25, -0.2) is 0 Å². The standard InChI is InChI=1S/C23H25F3/c1-3-17-11-19(12-18-9-7-16(2)8-10-18)14-21(13-17)20-5-4-6-22(15-20)23(24,25)26/h3,5,7,9-10,13-17H,1,4,6,8,11-12H2,2H3. The fraction of sp³-hybridized carbons (Fsp3) is 0.391. The van der Waals surface area contributed by atoms with E-state index in [1.165, 1.54) is 17.2 Å². The van der Waals surface area contributed by atoms with Gasteiger partial charge < -0.3 is 0 Å². The molecule has 0 radical (unpaired) electrons. The normalized spacial score (nSPS) is 26.4. The first-order chi connectivity index (χ1) is 12.3. The molecule has 2 unspecified atom stereocenters. The summed E-state index contributed by atoms with van der Waals surface area (Å²) in [6.07, 6.45) is 15.0. The van der Waals surface area contributed by atoms with Crippen LogP contribution < -0.4 is 0 Å². The molecule has 0 N–H and O–H groups in total. The van der Waals surface area contributed by atoms with E-state index in [2.05, 4.69) is 37.8 Å². The average Bonchev–Trinajstić information content (AvgIpc) is 2.63. The molecule has 0 aromatic carbocycles. The van der Waals surface area contributed by atoms with Gasteiger partial charge in [-0.15, -0.1) is 6.58 Å². The summed E-state index contributed by atoms with van der Waals surface area (Å²) in [5.41, 5.74) is 3.70. The molecule has 138 valence electrons. The molecule has 3 aliphatic rings. The molecule has 2 atom stereocenters. The molecular formula is C23H25F3. The van der Waals surface area contributed by atoms with Crippen molar-refractivity contribution in [1.29, 1.82) is 0 Å². The summed E-state index contributed by atoms with van der Waals surface area (Å²) in [7, 11) is 0. The number of allylic oxidation sites excluding steroid dienone is 13. The van der Waals surface area contributed by atoms with Crippen molar-refractivity contribution in [2.45, 2.75) is 45.2 Å². The maximum atomic E-state index is 13.1. The van der Waals surface area contributed by atoms with E-state index in [-0.39, 0.29) is 12.3 Å². The van der Waals surface area contributed by atoms with E-state index in [0.717, 1.165) is 24.8 Å². The third-order valence-electron chi connectivity index (χ3n) is 5.18. The molecule has 0 aromatic heterocycles. The molecule has 0 nitrogen and oxygen atoms in total. The molecule has 0 aliphatic heterocycles. The molecule has 3 aliphatic carbocycles. The Morgan fingerprint density at radius 2 is 2.00 bits per heavy atom. The minimum absolute atomic E-state index is 0.0671. The van der Waals surface area contributed by atoms with Crippen LogP contribution >= 0.6 is 0 Å². The SMILES string of the molecule is C=CC1C=C(C2=CCCC(C(F)(F)F)=C2)C=C(CC2=CCC(C)C=C2)C1. The maximum Gasteiger partial charge on any atom is 0.412 e. The lowest BCUT2D eigenvalue weighted by Crippen LogP contribution is -2.14. The van der Waals surface area contributed by atoms with E-state index in [4.69, 9.17) is 0 Å². The Kier molecular flexibility index (Phi) is 5.55. The van der Waals surface area contributed by atoms with Crippen LogP contribution in [-0.2, 0) is 0 Å². The Morgan fingerprint density at radius 3 is 2.65 bits per heavy atom. The van der Waals surface area contributed by atoms with Crippen molar-refractivity contribution in [2.75, 3.05) is 0 Å². The summed E-state index contributed by atoms with van der Waals surface area (Å²) in [5.74, 6) is 0.747. The quantitative estimate of drug-likeness (QED) is 0.467. The second-order valence-corrected chi connectivity index (χ2v) is 7.42. The maximum absolute atomic E-state index is 13.1. The van der Waals surface area contributed by atoms with Crippen LogP contribution in [0.25, 0.3) is 0 Å². The first-order valence-electron chi connectivity index (χ1n) is 9.24. The van der Waals surface area contributed by atoms with Gasteiger partial charge in [-0.2, -0.15) is 13.2 Å². The van der Waals surface area contributed by atoms with Gasteiger partial charge in [-0.1, -0.05) is 55.0 Å². The lowest BCUT2D eigenvalue weighted by molar-refractivity contribution is -0.0941. The molecule has 26 heavy (non-hydrogen) atoms. The molecule has 0 fully saturated rings. The predicted octanol–water partition coefficient (Wildman–Crippen LogP) is 7.17. The predicted molar refractivity (Wildman–Crippen MR) is 102 cm³/mol. The average molecular weight is 358 g/mol. The van der Waals surface area contributed by atoms with Crippen LogP contribution in [0.5, 0.6) is 0 Å². The first kappa shape index (κ1) is 18.8. The minimum Gasteiger partial charge on any atom is -0.166 e. The Hall–Kier alpha value is -2.03. The largest absolute Gasteiger partial charge is 0.412 e. The van der Waals surface area contributed by atoms with Crippen LogP contribution in [-0.4, -0.2) is 6.18 Å². The van der Waals surface area contributed by atoms with E-state index in [1.807, 2.05) is 18.2 Å². The van der Waals surface area contributed by atoms with Gasteiger partial charge in [0.25, 0.3) is 0 Å². The molecule has 0 heterocycles. The Morgan fingerprint density at radius 1 is 1.19 bits per heavy atom. The molecule has 3 heteroatoms. The highest BCUT2D eigenvalue weighted by molar-refractivity contribution is 5.53. The zero-order valence-corrected chi connectivity index (χ0v) is 15.2. The number of alkyl halides is 3. The summed E-state index contributed by atoms with van der Waals surface area (Å²) in [5, 5.41) is 0. The van der Waals surface area contributed by atoms with Crippen molar-refractivity contribution in [3.05, 3.63) is 83.1 Å². The molecule has 0 spiro atoms. The zero-order valence-electron chi connectivity index (χ0n) is 15.2. The van der Waals surface area contributed by atoms with E-state index in [9.17, 15) is 13.2 Å². The molecule has 3 rings (SSSR count). The number of rotatable bonds is 4. The monoisotopic (exact) mass is 358 g/mol. The molecule has 0 saturated carbocycles. The van der Waals surface area contributed by atoms with Crippen LogP contribution in [0.2, 0.25) is 0 Å². The van der Waals surface area contributed by atoms with Crippen LogP contribution in [0.3, 0.4) is 0 Å². The summed E-state index contributed by atoms with van der Waals surface area (Å²) in [6, 6.07) is 0. The van der Waals surface area contributed by atoms with E-state index in [0.29, 0.717) is 17.9 Å². The number of hydrogen-bond acceptors (Lipinski definition) is 0. The number of halogens is 3. The van der Waals surface area contributed by atoms with Gasteiger partial charge in [-0.05, 0) is 66.7 Å². The lowest BCUT2D eigenvalue weighted by Gasteiger charge is -2.23. The third-order valence-corrected chi connectivity index (χ3v) is 5.18. The van der Waals surface area contributed by atoms with Crippen LogP contribution in [0.4, 0.5) is 13.2 Å². The second-order valence-electron chi connectivity index (χ2n) is 7.42. The molecule has 0 saturated heterocycles. The van der Waals surface area contributed by atoms with Crippen LogP contribution in [0.1, 0.15) is 39.0 Å². The highest BCUT2D eigenvalue weighted by Gasteiger charge is 2.34. The van der Waals surface area contributed by atoms with E-state index >= 15 is 0 Å². The molecule has 0 aromatic rings. The van der Waals surface area contributed by atoms with Crippen LogP contribution in [0, 0.1) is 11.8 Å². The van der Waals surface area contributed by atoms with Crippen molar-refractivity contribution in [1.82, 2.24) is 0 Å². The second kappa shape index (κ2) is 7.69. The van der Waals surface area contributed by atoms with Gasteiger partial charge in [0.15, 0.2) is 0 Å². The first-order valence-corrected chi connectivity index (χ1v) is 9.24. The number of hydrogen-bond donors (Lipinski definition) is 0. The Bertz CT molecular complexity index is 751. The molecular weight excluding hydrogens is 333 g/mol. The van der Waals surface area contributed by atoms with Gasteiger partial charge in [-0.3, -0.25) is 0 Å². The molecule has 0 bridgehead atoms. The van der Waals surface area contributed by atoms with Gasteiger partial charge in [0.05, 0.1) is 0 Å². The third kappa shape index (κ3) is 4.57. The van der Waals surface area contributed by atoms with Crippen molar-refractivity contribution < 1.29 is 13.2 Å². The van der Waals surface area contributed by atoms with Gasteiger partial charge in [0, 0.05) is 5.57 Å². The highest BCUT2D eigenvalue weighted by atomic mass is 19.4. The fourth-order valence-corrected chi connectivity index (χ4v) is 3.67. The van der Waals surface area contributed by atoms with Crippen LogP contribution in [0.15, 0.2) is 83.1 Å². The topological polar surface area (TPSA) is 0 Å². The van der Waals surface area contributed by atoms with Crippen molar-refractivity contribution in [3.8, 4) is 0 Å². The summed E-state index contributed by atoms with van der Waals surface area (Å²) in [6.45, 7) is 6.09. The zero-order chi connectivity index (χ0) is 18.7. The smallest absolute Gasteiger partial charge is 0.166 e. The van der Waals surface area contributed by atoms with Crippen molar-refractivity contribution in [2.24, 2.45) is 11.8 Å². The molecule has 0 amide bonds. The Labute approximate surface area is 153 Å². The van der Waals surface area contributed by atoms with Crippen molar-refractivity contribution >= 4 is 0 Å². The minimum atomic E-state index is -4.24. The highest BCUT2D eigenvalue weighted by Crippen LogP contribution is 2.38. The Balaban J connectivity index is 1.84. The van der Waals surface area contributed by atoms with Crippen molar-refractivity contribution in [3.63, 3.8) is 0 Å². The van der Waals surface area contributed by atoms with Gasteiger partial charge in [0.2, 0.25) is 0 Å². The fourth-order valence-electron chi connectivity index (χ4n) is 3.67. The summed E-state index contributed by atoms with van der Waals surface area (Å²) >= 11 is 0. The van der Waals surface area contributed by atoms with E-state index < -0.39 is 11.7 Å². The summed E-state index contributed by atoms with van der Waals surface area (Å²) < 4.78 is 39.2. The van der Waals surface area contributed by atoms with Gasteiger partial charge in [0.1, 0.15) is 0 Å². The van der Waals surface area contributed by atoms with E-state index in [1.54, 1.807) is 0 Å². The lowest BCUT2D eigenvalue weighted by atomic mass is 9.82.